The molecule has 1 aromatic rings. The monoisotopic (exact) mass is 249 g/mol. The molecule has 0 unspecified atom stereocenters. The Hall–Kier alpha value is -1.13. The zero-order valence-electron chi connectivity index (χ0n) is 11.2. The van der Waals surface area contributed by atoms with Crippen molar-refractivity contribution in [1.82, 2.24) is 9.88 Å². The molecule has 18 heavy (non-hydrogen) atoms. The van der Waals surface area contributed by atoms with Gasteiger partial charge in [0.2, 0.25) is 0 Å². The van der Waals surface area contributed by atoms with Crippen molar-refractivity contribution in [3.05, 3.63) is 23.9 Å². The molecule has 0 aliphatic carbocycles. The third kappa shape index (κ3) is 4.27. The van der Waals surface area contributed by atoms with Crippen LogP contribution in [0, 0.1) is 0 Å². The summed E-state index contributed by atoms with van der Waals surface area (Å²) in [5.74, 6) is 0.972. The molecule has 1 fully saturated rings. The summed E-state index contributed by atoms with van der Waals surface area (Å²) in [5.41, 5.74) is 1.28. The van der Waals surface area contributed by atoms with E-state index in [1.54, 1.807) is 0 Å². The fourth-order valence-corrected chi connectivity index (χ4v) is 2.09. The lowest BCUT2D eigenvalue weighted by Crippen LogP contribution is -2.25. The average Bonchev–Trinajstić information content (AvgIpc) is 2.67. The smallest absolute Gasteiger partial charge is 0.125 e. The van der Waals surface area contributed by atoms with E-state index in [4.69, 9.17) is 4.74 Å². The molecule has 4 heteroatoms. The predicted octanol–water partition coefficient (Wildman–Crippen LogP) is 2.13. The van der Waals surface area contributed by atoms with E-state index in [2.05, 4.69) is 34.3 Å². The molecule has 0 bridgehead atoms. The summed E-state index contributed by atoms with van der Waals surface area (Å²) in [6.45, 7) is 8.01. The molecular formula is C14H23N3O. The minimum atomic E-state index is 0.851. The number of nitrogens with one attached hydrogen (secondary N) is 1. The van der Waals surface area contributed by atoms with Gasteiger partial charge in [0.05, 0.1) is 6.61 Å². The fourth-order valence-electron chi connectivity index (χ4n) is 2.09. The van der Waals surface area contributed by atoms with Gasteiger partial charge < -0.3 is 10.1 Å². The summed E-state index contributed by atoms with van der Waals surface area (Å²) in [7, 11) is 0. The Kier molecular flexibility index (Phi) is 5.42. The largest absolute Gasteiger partial charge is 0.380 e. The van der Waals surface area contributed by atoms with E-state index in [0.29, 0.717) is 0 Å². The van der Waals surface area contributed by atoms with Gasteiger partial charge in [0, 0.05) is 39.0 Å². The molecule has 0 saturated carbocycles. The minimum Gasteiger partial charge on any atom is -0.380 e. The lowest BCUT2D eigenvalue weighted by atomic mass is 10.2. The van der Waals surface area contributed by atoms with Crippen LogP contribution in [0.25, 0.3) is 0 Å². The lowest BCUT2D eigenvalue weighted by molar-refractivity contribution is 0.140. The van der Waals surface area contributed by atoms with Crippen molar-refractivity contribution in [3.63, 3.8) is 0 Å². The van der Waals surface area contributed by atoms with E-state index >= 15 is 0 Å². The summed E-state index contributed by atoms with van der Waals surface area (Å²) >= 11 is 0. The first kappa shape index (κ1) is 13.3. The quantitative estimate of drug-likeness (QED) is 0.867. The van der Waals surface area contributed by atoms with Crippen LogP contribution in [0.4, 0.5) is 5.82 Å². The summed E-state index contributed by atoms with van der Waals surface area (Å²) in [4.78, 5) is 6.87. The van der Waals surface area contributed by atoms with Gasteiger partial charge in [-0.15, -0.1) is 0 Å². The maximum Gasteiger partial charge on any atom is 0.125 e. The number of nitrogens with zero attached hydrogens (tertiary/aromatic N) is 2. The molecule has 100 valence electrons. The van der Waals surface area contributed by atoms with Crippen LogP contribution in [0.5, 0.6) is 0 Å². The molecule has 1 aliphatic rings. The van der Waals surface area contributed by atoms with Gasteiger partial charge in [-0.2, -0.15) is 0 Å². The van der Waals surface area contributed by atoms with Crippen LogP contribution < -0.4 is 5.32 Å². The molecule has 1 aromatic heterocycles. The molecule has 0 radical (unpaired) electrons. The van der Waals surface area contributed by atoms with Crippen LogP contribution in [0.2, 0.25) is 0 Å². The SMILES string of the molecule is CCCNc1ccc(CN2CCCOCC2)cn1. The maximum atomic E-state index is 5.46. The van der Waals surface area contributed by atoms with Crippen LogP contribution in [-0.2, 0) is 11.3 Å². The number of hydrogen-bond acceptors (Lipinski definition) is 4. The second kappa shape index (κ2) is 7.34. The summed E-state index contributed by atoms with van der Waals surface area (Å²) in [5, 5.41) is 3.29. The van der Waals surface area contributed by atoms with Gasteiger partial charge in [-0.1, -0.05) is 13.0 Å². The molecule has 1 N–H and O–H groups in total. The van der Waals surface area contributed by atoms with Gasteiger partial charge in [-0.25, -0.2) is 4.98 Å². The van der Waals surface area contributed by atoms with Gasteiger partial charge in [0.15, 0.2) is 0 Å². The van der Waals surface area contributed by atoms with Crippen LogP contribution in [0.15, 0.2) is 18.3 Å². The Bertz CT molecular complexity index is 331. The predicted molar refractivity (Wildman–Crippen MR) is 73.7 cm³/mol. The zero-order chi connectivity index (χ0) is 12.6. The van der Waals surface area contributed by atoms with Crippen LogP contribution >= 0.6 is 0 Å². The van der Waals surface area contributed by atoms with Crippen LogP contribution in [-0.4, -0.2) is 42.7 Å². The number of pyridine rings is 1. The third-order valence-corrected chi connectivity index (χ3v) is 3.10. The number of rotatable bonds is 5. The van der Waals surface area contributed by atoms with E-state index in [1.807, 2.05) is 6.20 Å². The summed E-state index contributed by atoms with van der Waals surface area (Å²) in [6, 6.07) is 4.23. The molecule has 4 nitrogen and oxygen atoms in total. The van der Waals surface area contributed by atoms with Crippen LogP contribution in [0.1, 0.15) is 25.3 Å². The molecule has 0 spiro atoms. The Morgan fingerprint density at radius 1 is 1.33 bits per heavy atom. The third-order valence-electron chi connectivity index (χ3n) is 3.10. The second-order valence-electron chi connectivity index (χ2n) is 4.72. The molecule has 1 aliphatic heterocycles. The fraction of sp³-hybridized carbons (Fsp3) is 0.643. The Morgan fingerprint density at radius 3 is 3.06 bits per heavy atom. The van der Waals surface area contributed by atoms with Gasteiger partial charge in [0.25, 0.3) is 0 Å². The van der Waals surface area contributed by atoms with Gasteiger partial charge in [-0.05, 0) is 24.5 Å². The molecular weight excluding hydrogens is 226 g/mol. The van der Waals surface area contributed by atoms with Crippen molar-refractivity contribution < 1.29 is 4.74 Å². The van der Waals surface area contributed by atoms with Crippen molar-refractivity contribution in [3.8, 4) is 0 Å². The molecule has 0 atom stereocenters. The van der Waals surface area contributed by atoms with E-state index in [-0.39, 0.29) is 0 Å². The molecule has 2 rings (SSSR count). The standard InChI is InChI=1S/C14H23N3O/c1-2-6-15-14-5-4-13(11-16-14)12-17-7-3-9-18-10-8-17/h4-5,11H,2-3,6-10,12H2,1H3,(H,15,16). The number of anilines is 1. The Morgan fingerprint density at radius 2 is 2.28 bits per heavy atom. The highest BCUT2D eigenvalue weighted by atomic mass is 16.5. The Balaban J connectivity index is 1.84. The molecule has 0 amide bonds. The van der Waals surface area contributed by atoms with Crippen molar-refractivity contribution in [2.45, 2.75) is 26.3 Å². The lowest BCUT2D eigenvalue weighted by Gasteiger charge is -2.18. The maximum absolute atomic E-state index is 5.46. The summed E-state index contributed by atoms with van der Waals surface area (Å²) in [6.07, 6.45) is 4.23. The second-order valence-corrected chi connectivity index (χ2v) is 4.72. The van der Waals surface area contributed by atoms with E-state index in [1.165, 1.54) is 5.56 Å². The molecule has 2 heterocycles. The highest BCUT2D eigenvalue weighted by Gasteiger charge is 2.09. The van der Waals surface area contributed by atoms with Crippen molar-refractivity contribution in [2.24, 2.45) is 0 Å². The number of ether oxygens (including phenoxy) is 1. The van der Waals surface area contributed by atoms with Gasteiger partial charge in [0.1, 0.15) is 5.82 Å². The van der Waals surface area contributed by atoms with E-state index in [0.717, 1.165) is 58.1 Å². The highest BCUT2D eigenvalue weighted by Crippen LogP contribution is 2.09. The van der Waals surface area contributed by atoms with E-state index < -0.39 is 0 Å². The molecule has 0 aromatic carbocycles. The van der Waals surface area contributed by atoms with E-state index in [9.17, 15) is 0 Å². The Labute approximate surface area is 109 Å². The minimum absolute atomic E-state index is 0.851. The number of aromatic nitrogens is 1. The first-order chi connectivity index (χ1) is 8.88. The highest BCUT2D eigenvalue weighted by molar-refractivity contribution is 5.35. The topological polar surface area (TPSA) is 37.4 Å². The van der Waals surface area contributed by atoms with Crippen LogP contribution in [0.3, 0.4) is 0 Å². The normalized spacial score (nSPS) is 17.4. The zero-order valence-corrected chi connectivity index (χ0v) is 11.2. The van der Waals surface area contributed by atoms with Crippen molar-refractivity contribution >= 4 is 5.82 Å². The van der Waals surface area contributed by atoms with Crippen molar-refractivity contribution in [2.75, 3.05) is 38.2 Å². The first-order valence-corrected chi connectivity index (χ1v) is 6.87. The molecule has 1 saturated heterocycles. The average molecular weight is 249 g/mol. The van der Waals surface area contributed by atoms with Gasteiger partial charge >= 0.3 is 0 Å². The number of hydrogen-bond donors (Lipinski definition) is 1. The van der Waals surface area contributed by atoms with Gasteiger partial charge in [-0.3, -0.25) is 4.90 Å². The van der Waals surface area contributed by atoms with Crippen molar-refractivity contribution in [1.29, 1.82) is 0 Å². The summed E-state index contributed by atoms with van der Waals surface area (Å²) < 4.78 is 5.46. The first-order valence-electron chi connectivity index (χ1n) is 6.87.